The lowest BCUT2D eigenvalue weighted by atomic mass is 9.89. The van der Waals surface area contributed by atoms with Crippen LogP contribution in [0.1, 0.15) is 22.6 Å². The monoisotopic (exact) mass is 256 g/mol. The highest BCUT2D eigenvalue weighted by atomic mass is 16.7. The van der Waals surface area contributed by atoms with Crippen molar-refractivity contribution in [2.75, 3.05) is 13.3 Å². The summed E-state index contributed by atoms with van der Waals surface area (Å²) in [5, 5.41) is 0. The fourth-order valence-electron chi connectivity index (χ4n) is 2.46. The molecule has 3 rings (SSSR count). The number of hydrogen-bond acceptors (Lipinski definition) is 4. The maximum Gasteiger partial charge on any atom is 0.231 e. The summed E-state index contributed by atoms with van der Waals surface area (Å²) in [5.74, 6) is 1.73. The first-order valence-electron chi connectivity index (χ1n) is 6.29. The SMILES string of the molecule is Cc1cc2c(cc1C(CN)c1cccnc1)OCO2. The average Bonchev–Trinajstić information content (AvgIpc) is 2.88. The molecule has 4 heteroatoms. The van der Waals surface area contributed by atoms with Crippen molar-refractivity contribution in [2.45, 2.75) is 12.8 Å². The van der Waals surface area contributed by atoms with E-state index in [4.69, 9.17) is 15.2 Å². The van der Waals surface area contributed by atoms with Crippen LogP contribution in [0.4, 0.5) is 0 Å². The second-order valence-corrected chi connectivity index (χ2v) is 4.64. The summed E-state index contributed by atoms with van der Waals surface area (Å²) in [4.78, 5) is 4.17. The average molecular weight is 256 g/mol. The maximum atomic E-state index is 5.95. The zero-order valence-electron chi connectivity index (χ0n) is 10.8. The molecule has 1 aliphatic rings. The van der Waals surface area contributed by atoms with E-state index in [1.807, 2.05) is 24.4 Å². The van der Waals surface area contributed by atoms with Gasteiger partial charge in [0, 0.05) is 24.9 Å². The molecule has 1 unspecified atom stereocenters. The molecular weight excluding hydrogens is 240 g/mol. The van der Waals surface area contributed by atoms with Gasteiger partial charge in [-0.15, -0.1) is 0 Å². The first-order valence-corrected chi connectivity index (χ1v) is 6.29. The Balaban J connectivity index is 2.05. The van der Waals surface area contributed by atoms with Crippen molar-refractivity contribution in [1.82, 2.24) is 4.98 Å². The molecular formula is C15H16N2O2. The number of aryl methyl sites for hydroxylation is 1. The van der Waals surface area contributed by atoms with Crippen LogP contribution in [0.5, 0.6) is 11.5 Å². The van der Waals surface area contributed by atoms with Crippen LogP contribution in [0, 0.1) is 6.92 Å². The van der Waals surface area contributed by atoms with Crippen LogP contribution in [-0.2, 0) is 0 Å². The summed E-state index contributed by atoms with van der Waals surface area (Å²) in [6.07, 6.45) is 3.63. The largest absolute Gasteiger partial charge is 0.454 e. The Morgan fingerprint density at radius 1 is 1.32 bits per heavy atom. The van der Waals surface area contributed by atoms with Gasteiger partial charge in [-0.25, -0.2) is 0 Å². The van der Waals surface area contributed by atoms with Crippen molar-refractivity contribution in [1.29, 1.82) is 0 Å². The van der Waals surface area contributed by atoms with Crippen LogP contribution in [0.3, 0.4) is 0 Å². The van der Waals surface area contributed by atoms with E-state index in [1.54, 1.807) is 6.20 Å². The van der Waals surface area contributed by atoms with Crippen molar-refractivity contribution >= 4 is 0 Å². The third kappa shape index (κ3) is 2.15. The number of nitrogens with zero attached hydrogens (tertiary/aromatic N) is 1. The lowest BCUT2D eigenvalue weighted by Gasteiger charge is -2.18. The van der Waals surface area contributed by atoms with Gasteiger partial charge >= 0.3 is 0 Å². The minimum Gasteiger partial charge on any atom is -0.454 e. The molecule has 0 radical (unpaired) electrons. The van der Waals surface area contributed by atoms with E-state index in [1.165, 1.54) is 5.56 Å². The number of aromatic nitrogens is 1. The Morgan fingerprint density at radius 3 is 2.79 bits per heavy atom. The zero-order chi connectivity index (χ0) is 13.2. The van der Waals surface area contributed by atoms with Gasteiger partial charge in [0.05, 0.1) is 0 Å². The van der Waals surface area contributed by atoms with Gasteiger partial charge < -0.3 is 15.2 Å². The van der Waals surface area contributed by atoms with E-state index >= 15 is 0 Å². The topological polar surface area (TPSA) is 57.4 Å². The van der Waals surface area contributed by atoms with Gasteiger partial charge in [0.15, 0.2) is 11.5 Å². The molecule has 0 aliphatic carbocycles. The number of hydrogen-bond donors (Lipinski definition) is 1. The molecule has 1 aromatic heterocycles. The molecule has 2 heterocycles. The first kappa shape index (κ1) is 12.0. The van der Waals surface area contributed by atoms with Crippen molar-refractivity contribution < 1.29 is 9.47 Å². The number of fused-ring (bicyclic) bond motifs is 1. The Kier molecular flexibility index (Phi) is 3.09. The molecule has 1 aromatic carbocycles. The molecule has 0 amide bonds. The van der Waals surface area contributed by atoms with E-state index in [9.17, 15) is 0 Å². The first-order chi connectivity index (χ1) is 9.29. The predicted octanol–water partition coefficient (Wildman–Crippen LogP) is 2.21. The lowest BCUT2D eigenvalue weighted by Crippen LogP contribution is -2.15. The lowest BCUT2D eigenvalue weighted by molar-refractivity contribution is 0.174. The molecule has 1 atom stereocenters. The fourth-order valence-corrected chi connectivity index (χ4v) is 2.46. The molecule has 2 aromatic rings. The zero-order valence-corrected chi connectivity index (χ0v) is 10.8. The second-order valence-electron chi connectivity index (χ2n) is 4.64. The van der Waals surface area contributed by atoms with Crippen LogP contribution in [0.2, 0.25) is 0 Å². The van der Waals surface area contributed by atoms with Crippen LogP contribution in [0.15, 0.2) is 36.7 Å². The predicted molar refractivity (Wildman–Crippen MR) is 72.4 cm³/mol. The van der Waals surface area contributed by atoms with Gasteiger partial charge in [-0.2, -0.15) is 0 Å². The third-order valence-corrected chi connectivity index (χ3v) is 3.46. The highest BCUT2D eigenvalue weighted by Crippen LogP contribution is 2.38. The summed E-state index contributed by atoms with van der Waals surface area (Å²) in [6.45, 7) is 2.89. The summed E-state index contributed by atoms with van der Waals surface area (Å²) in [7, 11) is 0. The standard InChI is InChI=1S/C15H16N2O2/c1-10-5-14-15(19-9-18-14)6-12(10)13(7-16)11-3-2-4-17-8-11/h2-6,8,13H,7,9,16H2,1H3. The number of ether oxygens (including phenoxy) is 2. The van der Waals surface area contributed by atoms with Gasteiger partial charge in [0.1, 0.15) is 0 Å². The number of benzene rings is 1. The number of nitrogens with two attached hydrogens (primary N) is 1. The fraction of sp³-hybridized carbons (Fsp3) is 0.267. The van der Waals surface area contributed by atoms with Gasteiger partial charge in [0.25, 0.3) is 0 Å². The highest BCUT2D eigenvalue weighted by molar-refractivity contribution is 5.51. The molecule has 0 saturated carbocycles. The number of rotatable bonds is 3. The summed E-state index contributed by atoms with van der Waals surface area (Å²) in [6, 6.07) is 8.02. The van der Waals surface area contributed by atoms with E-state index < -0.39 is 0 Å². The highest BCUT2D eigenvalue weighted by Gasteiger charge is 2.21. The van der Waals surface area contributed by atoms with Crippen LogP contribution in [0.25, 0.3) is 0 Å². The summed E-state index contributed by atoms with van der Waals surface area (Å²) >= 11 is 0. The van der Waals surface area contributed by atoms with Crippen molar-refractivity contribution in [3.63, 3.8) is 0 Å². The minimum absolute atomic E-state index is 0.128. The van der Waals surface area contributed by atoms with E-state index in [0.717, 1.165) is 22.6 Å². The van der Waals surface area contributed by atoms with Crippen molar-refractivity contribution in [3.8, 4) is 11.5 Å². The minimum atomic E-state index is 0.128. The molecule has 0 bridgehead atoms. The van der Waals surface area contributed by atoms with Crippen LogP contribution >= 0.6 is 0 Å². The van der Waals surface area contributed by atoms with Crippen LogP contribution < -0.4 is 15.2 Å². The van der Waals surface area contributed by atoms with Gasteiger partial charge in [0.2, 0.25) is 6.79 Å². The van der Waals surface area contributed by atoms with E-state index in [2.05, 4.69) is 18.0 Å². The molecule has 2 N–H and O–H groups in total. The summed E-state index contributed by atoms with van der Waals surface area (Å²) in [5.41, 5.74) is 9.39. The molecule has 0 fully saturated rings. The van der Waals surface area contributed by atoms with E-state index in [0.29, 0.717) is 13.3 Å². The Labute approximate surface area is 112 Å². The van der Waals surface area contributed by atoms with Crippen molar-refractivity contribution in [3.05, 3.63) is 53.3 Å². The normalized spacial score (nSPS) is 14.4. The molecule has 98 valence electrons. The molecule has 0 saturated heterocycles. The second kappa shape index (κ2) is 4.90. The molecule has 19 heavy (non-hydrogen) atoms. The maximum absolute atomic E-state index is 5.95. The molecule has 1 aliphatic heterocycles. The third-order valence-electron chi connectivity index (χ3n) is 3.46. The Morgan fingerprint density at radius 2 is 2.11 bits per heavy atom. The molecule has 4 nitrogen and oxygen atoms in total. The smallest absolute Gasteiger partial charge is 0.231 e. The Hall–Kier alpha value is -2.07. The number of pyridine rings is 1. The summed E-state index contributed by atoms with van der Waals surface area (Å²) < 4.78 is 10.8. The Bertz CT molecular complexity index is 584. The van der Waals surface area contributed by atoms with Gasteiger partial charge in [-0.05, 0) is 41.8 Å². The molecule has 0 spiro atoms. The van der Waals surface area contributed by atoms with Gasteiger partial charge in [-0.3, -0.25) is 4.98 Å². The van der Waals surface area contributed by atoms with Crippen LogP contribution in [-0.4, -0.2) is 18.3 Å². The quantitative estimate of drug-likeness (QED) is 0.914. The van der Waals surface area contributed by atoms with E-state index in [-0.39, 0.29) is 5.92 Å². The van der Waals surface area contributed by atoms with Crippen molar-refractivity contribution in [2.24, 2.45) is 5.73 Å². The van der Waals surface area contributed by atoms with Gasteiger partial charge in [-0.1, -0.05) is 6.07 Å².